The smallest absolute Gasteiger partial charge is 0.244 e. The molecule has 1 aliphatic rings. The molecular weight excluding hydrogens is 278 g/mol. The monoisotopic (exact) mass is 299 g/mol. The fourth-order valence-corrected chi connectivity index (χ4v) is 3.54. The Morgan fingerprint density at radius 2 is 2.10 bits per heavy atom. The van der Waals surface area contributed by atoms with E-state index < -0.39 is 10.0 Å². The number of pyridine rings is 1. The summed E-state index contributed by atoms with van der Waals surface area (Å²) in [5, 5.41) is 2.87. The molecule has 20 heavy (non-hydrogen) atoms. The van der Waals surface area contributed by atoms with Crippen LogP contribution in [0.15, 0.2) is 23.4 Å². The lowest BCUT2D eigenvalue weighted by molar-refractivity contribution is 0.0265. The molecule has 0 bridgehead atoms. The second-order valence-electron chi connectivity index (χ2n) is 5.37. The van der Waals surface area contributed by atoms with Crippen molar-refractivity contribution in [3.8, 4) is 0 Å². The Labute approximate surface area is 120 Å². The predicted molar refractivity (Wildman–Crippen MR) is 77.1 cm³/mol. The minimum Gasteiger partial charge on any atom is -0.387 e. The maximum absolute atomic E-state index is 12.4. The SMILES string of the molecule is CNc1ccncc1S(=O)(=O)NCC1(C)CCOCC1. The van der Waals surface area contributed by atoms with Gasteiger partial charge in [0.1, 0.15) is 4.90 Å². The second-order valence-corrected chi connectivity index (χ2v) is 7.10. The molecule has 0 amide bonds. The minimum absolute atomic E-state index is 0.0483. The van der Waals surface area contributed by atoms with Gasteiger partial charge in [-0.1, -0.05) is 6.92 Å². The predicted octanol–water partition coefficient (Wildman–Crippen LogP) is 1.22. The average Bonchev–Trinajstić information content (AvgIpc) is 2.46. The van der Waals surface area contributed by atoms with Crippen LogP contribution in [0.1, 0.15) is 19.8 Å². The summed E-state index contributed by atoms with van der Waals surface area (Å²) >= 11 is 0. The van der Waals surface area contributed by atoms with Crippen LogP contribution >= 0.6 is 0 Å². The lowest BCUT2D eigenvalue weighted by Crippen LogP contribution is -2.39. The Kier molecular flexibility index (Phi) is 4.62. The zero-order valence-electron chi connectivity index (χ0n) is 11.8. The van der Waals surface area contributed by atoms with Crippen LogP contribution in [0.25, 0.3) is 0 Å². The van der Waals surface area contributed by atoms with E-state index in [-0.39, 0.29) is 10.3 Å². The van der Waals surface area contributed by atoms with E-state index in [0.29, 0.717) is 25.4 Å². The molecule has 0 radical (unpaired) electrons. The Morgan fingerprint density at radius 3 is 2.75 bits per heavy atom. The molecule has 1 aromatic rings. The Bertz CT molecular complexity index is 554. The number of hydrogen-bond acceptors (Lipinski definition) is 5. The maximum Gasteiger partial charge on any atom is 0.244 e. The zero-order valence-corrected chi connectivity index (χ0v) is 12.7. The number of anilines is 1. The van der Waals surface area contributed by atoms with Gasteiger partial charge in [-0.3, -0.25) is 4.98 Å². The molecule has 1 aliphatic heterocycles. The van der Waals surface area contributed by atoms with Gasteiger partial charge < -0.3 is 10.1 Å². The highest BCUT2D eigenvalue weighted by molar-refractivity contribution is 7.89. The Hall–Kier alpha value is -1.18. The second kappa shape index (κ2) is 6.07. The van der Waals surface area contributed by atoms with E-state index in [1.165, 1.54) is 6.20 Å². The van der Waals surface area contributed by atoms with Gasteiger partial charge in [-0.05, 0) is 24.3 Å². The molecule has 1 saturated heterocycles. The molecular formula is C13H21N3O3S. The van der Waals surface area contributed by atoms with Crippen molar-refractivity contribution < 1.29 is 13.2 Å². The van der Waals surface area contributed by atoms with Gasteiger partial charge in [0.25, 0.3) is 0 Å². The van der Waals surface area contributed by atoms with E-state index in [0.717, 1.165) is 12.8 Å². The van der Waals surface area contributed by atoms with Crippen molar-refractivity contribution in [1.82, 2.24) is 9.71 Å². The molecule has 1 aromatic heterocycles. The highest BCUT2D eigenvalue weighted by Gasteiger charge is 2.30. The molecule has 0 unspecified atom stereocenters. The van der Waals surface area contributed by atoms with Crippen LogP contribution in [0.5, 0.6) is 0 Å². The summed E-state index contributed by atoms with van der Waals surface area (Å²) in [6.45, 7) is 3.87. The van der Waals surface area contributed by atoms with E-state index in [1.807, 2.05) is 0 Å². The van der Waals surface area contributed by atoms with Gasteiger partial charge in [0, 0.05) is 39.2 Å². The Morgan fingerprint density at radius 1 is 1.40 bits per heavy atom. The molecule has 0 aromatic carbocycles. The minimum atomic E-state index is -3.56. The summed E-state index contributed by atoms with van der Waals surface area (Å²) in [5.74, 6) is 0. The van der Waals surface area contributed by atoms with Gasteiger partial charge in [0.2, 0.25) is 10.0 Å². The van der Waals surface area contributed by atoms with Crippen LogP contribution in [-0.2, 0) is 14.8 Å². The van der Waals surface area contributed by atoms with E-state index in [4.69, 9.17) is 4.74 Å². The quantitative estimate of drug-likeness (QED) is 0.854. The first kappa shape index (κ1) is 15.2. The first-order valence-corrected chi connectivity index (χ1v) is 8.14. The molecule has 6 nitrogen and oxygen atoms in total. The first-order chi connectivity index (χ1) is 9.47. The number of aromatic nitrogens is 1. The van der Waals surface area contributed by atoms with Crippen molar-refractivity contribution in [2.45, 2.75) is 24.7 Å². The van der Waals surface area contributed by atoms with Crippen molar-refractivity contribution in [2.24, 2.45) is 5.41 Å². The molecule has 1 fully saturated rings. The molecule has 7 heteroatoms. The van der Waals surface area contributed by atoms with Crippen molar-refractivity contribution in [2.75, 3.05) is 32.1 Å². The summed E-state index contributed by atoms with van der Waals surface area (Å²) in [7, 11) is -1.87. The van der Waals surface area contributed by atoms with Crippen molar-refractivity contribution >= 4 is 15.7 Å². The van der Waals surface area contributed by atoms with Gasteiger partial charge in [-0.25, -0.2) is 13.1 Å². The molecule has 0 atom stereocenters. The van der Waals surface area contributed by atoms with E-state index in [1.54, 1.807) is 19.3 Å². The Balaban J connectivity index is 2.11. The molecule has 0 spiro atoms. The topological polar surface area (TPSA) is 80.3 Å². The average molecular weight is 299 g/mol. The van der Waals surface area contributed by atoms with Crippen molar-refractivity contribution in [1.29, 1.82) is 0 Å². The van der Waals surface area contributed by atoms with Gasteiger partial charge in [0.15, 0.2) is 0 Å². The summed E-state index contributed by atoms with van der Waals surface area (Å²) in [6, 6.07) is 1.64. The van der Waals surface area contributed by atoms with Gasteiger partial charge in [-0.15, -0.1) is 0 Å². The van der Waals surface area contributed by atoms with Crippen LogP contribution < -0.4 is 10.0 Å². The standard InChI is InChI=1S/C13H21N3O3S/c1-13(4-7-19-8-5-13)10-16-20(17,18)12-9-15-6-3-11(12)14-2/h3,6,9,16H,4-5,7-8,10H2,1-2H3,(H,14,15). The van der Waals surface area contributed by atoms with Crippen LogP contribution in [0.2, 0.25) is 0 Å². The van der Waals surface area contributed by atoms with Crippen LogP contribution in [0.4, 0.5) is 5.69 Å². The summed E-state index contributed by atoms with van der Waals surface area (Å²) < 4.78 is 32.8. The fourth-order valence-electron chi connectivity index (χ4n) is 2.19. The first-order valence-electron chi connectivity index (χ1n) is 6.66. The summed E-state index contributed by atoms with van der Waals surface area (Å²) in [6.07, 6.45) is 4.65. The fraction of sp³-hybridized carbons (Fsp3) is 0.615. The molecule has 0 aliphatic carbocycles. The van der Waals surface area contributed by atoms with Gasteiger partial charge in [-0.2, -0.15) is 0 Å². The number of sulfonamides is 1. The maximum atomic E-state index is 12.4. The third-order valence-corrected chi connectivity index (χ3v) is 5.16. The van der Waals surface area contributed by atoms with E-state index in [2.05, 4.69) is 21.9 Å². The largest absolute Gasteiger partial charge is 0.387 e. The van der Waals surface area contributed by atoms with E-state index in [9.17, 15) is 8.42 Å². The van der Waals surface area contributed by atoms with Crippen LogP contribution in [-0.4, -0.2) is 40.2 Å². The third kappa shape index (κ3) is 3.47. The number of rotatable bonds is 5. The number of hydrogen-bond donors (Lipinski definition) is 2. The van der Waals surface area contributed by atoms with Crippen molar-refractivity contribution in [3.05, 3.63) is 18.5 Å². The normalized spacial score (nSPS) is 18.7. The molecule has 0 saturated carbocycles. The van der Waals surface area contributed by atoms with Crippen molar-refractivity contribution in [3.63, 3.8) is 0 Å². The highest BCUT2D eigenvalue weighted by Crippen LogP contribution is 2.29. The van der Waals surface area contributed by atoms with Crippen LogP contribution in [0, 0.1) is 5.41 Å². The van der Waals surface area contributed by atoms with Gasteiger partial charge in [0.05, 0.1) is 5.69 Å². The summed E-state index contributed by atoms with van der Waals surface area (Å²) in [4.78, 5) is 4.07. The van der Waals surface area contributed by atoms with Gasteiger partial charge >= 0.3 is 0 Å². The zero-order chi connectivity index (χ0) is 14.6. The number of nitrogens with zero attached hydrogens (tertiary/aromatic N) is 1. The molecule has 2 N–H and O–H groups in total. The van der Waals surface area contributed by atoms with E-state index >= 15 is 0 Å². The molecule has 2 rings (SSSR count). The molecule has 2 heterocycles. The van der Waals surface area contributed by atoms with Crippen LogP contribution in [0.3, 0.4) is 0 Å². The third-order valence-electron chi connectivity index (χ3n) is 3.73. The highest BCUT2D eigenvalue weighted by atomic mass is 32.2. The lowest BCUT2D eigenvalue weighted by atomic mass is 9.83. The lowest BCUT2D eigenvalue weighted by Gasteiger charge is -2.33. The number of nitrogens with one attached hydrogen (secondary N) is 2. The summed E-state index contributed by atoms with van der Waals surface area (Å²) in [5.41, 5.74) is 0.498. The number of ether oxygens (including phenoxy) is 1. The molecule has 112 valence electrons.